The van der Waals surface area contributed by atoms with Crippen LogP contribution in [0.25, 0.3) is 0 Å². The van der Waals surface area contributed by atoms with Crippen LogP contribution in [0, 0.1) is 5.92 Å². The van der Waals surface area contributed by atoms with E-state index in [1.165, 1.54) is 0 Å². The number of nitrogens with zero attached hydrogens (tertiary/aromatic N) is 6. The molecule has 1 aliphatic rings. The molecule has 0 bridgehead atoms. The van der Waals surface area contributed by atoms with Gasteiger partial charge in [-0.2, -0.15) is 0 Å². The van der Waals surface area contributed by atoms with Gasteiger partial charge in [0, 0.05) is 26.6 Å². The van der Waals surface area contributed by atoms with Crippen LogP contribution in [0.5, 0.6) is 0 Å². The van der Waals surface area contributed by atoms with Gasteiger partial charge in [0.25, 0.3) is 0 Å². The van der Waals surface area contributed by atoms with E-state index in [2.05, 4.69) is 34.3 Å². The van der Waals surface area contributed by atoms with E-state index in [0.717, 1.165) is 31.6 Å². The Morgan fingerprint density at radius 2 is 2.16 bits per heavy atom. The van der Waals surface area contributed by atoms with Crippen LogP contribution < -0.4 is 0 Å². The Morgan fingerprint density at radius 3 is 2.80 bits per heavy atom. The van der Waals surface area contributed by atoms with Crippen LogP contribution in [0.1, 0.15) is 45.4 Å². The van der Waals surface area contributed by atoms with Crippen molar-refractivity contribution in [2.45, 2.75) is 51.6 Å². The fraction of sp³-hybridized carbons (Fsp3) is 0.882. The van der Waals surface area contributed by atoms with E-state index in [9.17, 15) is 4.79 Å². The number of hydrogen-bond donors (Lipinski definition) is 0. The molecule has 1 aromatic rings. The van der Waals surface area contributed by atoms with Crippen molar-refractivity contribution in [3.8, 4) is 0 Å². The highest BCUT2D eigenvalue weighted by Gasteiger charge is 2.44. The molecule has 0 radical (unpaired) electrons. The van der Waals surface area contributed by atoms with E-state index < -0.39 is 0 Å². The number of aromatic nitrogens is 4. The van der Waals surface area contributed by atoms with Gasteiger partial charge in [0.2, 0.25) is 5.91 Å². The Balaban J connectivity index is 2.21. The minimum absolute atomic E-state index is 0.232. The number of likely N-dealkylation sites (N-methyl/N-ethyl adjacent to an activating group) is 1. The summed E-state index contributed by atoms with van der Waals surface area (Å²) in [5.41, 5.74) is -0.358. The number of tetrazole rings is 1. The molecule has 25 heavy (non-hydrogen) atoms. The quantitative estimate of drug-likeness (QED) is 0.698. The summed E-state index contributed by atoms with van der Waals surface area (Å²) in [6.07, 6.45) is 3.41. The van der Waals surface area contributed by atoms with Gasteiger partial charge in [-0.1, -0.05) is 13.8 Å². The Morgan fingerprint density at radius 1 is 1.40 bits per heavy atom. The third-order valence-corrected chi connectivity index (χ3v) is 5.07. The minimum atomic E-state index is -0.358. The molecule has 0 aromatic carbocycles. The molecule has 1 aromatic heterocycles. The van der Waals surface area contributed by atoms with Gasteiger partial charge in [0.05, 0.1) is 13.2 Å². The maximum atomic E-state index is 12.7. The number of rotatable bonds is 8. The molecule has 1 aliphatic heterocycles. The highest BCUT2D eigenvalue weighted by atomic mass is 16.5. The lowest BCUT2D eigenvalue weighted by Crippen LogP contribution is -2.56. The van der Waals surface area contributed by atoms with Gasteiger partial charge in [-0.3, -0.25) is 9.69 Å². The number of ether oxygens (including phenoxy) is 1. The lowest BCUT2D eigenvalue weighted by molar-refractivity contribution is -0.135. The van der Waals surface area contributed by atoms with Crippen molar-refractivity contribution in [2.24, 2.45) is 5.92 Å². The van der Waals surface area contributed by atoms with Crippen LogP contribution in [0.3, 0.4) is 0 Å². The minimum Gasteiger partial charge on any atom is -0.383 e. The molecule has 0 aliphatic carbocycles. The zero-order chi connectivity index (χ0) is 18.4. The number of piperidine rings is 1. The molecule has 0 N–H and O–H groups in total. The molecule has 2 heterocycles. The van der Waals surface area contributed by atoms with Crippen LogP contribution in [-0.4, -0.2) is 76.8 Å². The Kier molecular flexibility index (Phi) is 6.89. The normalized spacial score (nSPS) is 21.3. The van der Waals surface area contributed by atoms with Crippen molar-refractivity contribution in [3.63, 3.8) is 0 Å². The van der Waals surface area contributed by atoms with Crippen molar-refractivity contribution in [3.05, 3.63) is 5.82 Å². The second-order valence-electron chi connectivity index (χ2n) is 7.50. The summed E-state index contributed by atoms with van der Waals surface area (Å²) in [4.78, 5) is 16.8. The van der Waals surface area contributed by atoms with Crippen molar-refractivity contribution >= 4 is 5.91 Å². The molecule has 2 rings (SSSR count). The third kappa shape index (κ3) is 4.55. The fourth-order valence-corrected chi connectivity index (χ4v) is 3.43. The summed E-state index contributed by atoms with van der Waals surface area (Å²) in [6, 6.07) is 0. The summed E-state index contributed by atoms with van der Waals surface area (Å²) in [6.45, 7) is 6.90. The second kappa shape index (κ2) is 8.71. The average Bonchev–Trinajstić information content (AvgIpc) is 3.06. The number of carbonyl (C=O) groups is 1. The van der Waals surface area contributed by atoms with Crippen molar-refractivity contribution in [1.29, 1.82) is 0 Å². The maximum Gasteiger partial charge on any atom is 0.222 e. The Bertz CT molecular complexity index is 559. The Hall–Kier alpha value is -1.54. The topological polar surface area (TPSA) is 76.4 Å². The summed E-state index contributed by atoms with van der Waals surface area (Å²) < 4.78 is 6.98. The lowest BCUT2D eigenvalue weighted by Gasteiger charge is -2.46. The standard InChI is InChI=1S/C17H32N6O2/c1-14(2)7-8-15(24)22-10-6-9-17(13-22,21(3)4)16-18-19-20-23(16)11-12-25-5/h14H,6-13H2,1-5H3. The Labute approximate surface area is 150 Å². The highest BCUT2D eigenvalue weighted by Crippen LogP contribution is 2.35. The first kappa shape index (κ1) is 19.8. The van der Waals surface area contributed by atoms with Crippen LogP contribution in [-0.2, 0) is 21.6 Å². The molecule has 8 heteroatoms. The largest absolute Gasteiger partial charge is 0.383 e. The molecule has 1 unspecified atom stereocenters. The van der Waals surface area contributed by atoms with Crippen molar-refractivity contribution in [1.82, 2.24) is 30.0 Å². The number of amides is 1. The second-order valence-corrected chi connectivity index (χ2v) is 7.50. The van der Waals surface area contributed by atoms with Crippen molar-refractivity contribution < 1.29 is 9.53 Å². The van der Waals surface area contributed by atoms with E-state index in [1.54, 1.807) is 7.11 Å². The SMILES string of the molecule is COCCn1nnnc1C1(N(C)C)CCCN(C(=O)CCC(C)C)C1. The van der Waals surface area contributed by atoms with Gasteiger partial charge in [-0.15, -0.1) is 5.10 Å². The summed E-state index contributed by atoms with van der Waals surface area (Å²) in [5, 5.41) is 12.3. The number of likely N-dealkylation sites (tertiary alicyclic amines) is 1. The van der Waals surface area contributed by atoms with E-state index >= 15 is 0 Å². The third-order valence-electron chi connectivity index (χ3n) is 5.07. The van der Waals surface area contributed by atoms with Gasteiger partial charge >= 0.3 is 0 Å². The van der Waals surface area contributed by atoms with E-state index in [0.29, 0.717) is 32.0 Å². The summed E-state index contributed by atoms with van der Waals surface area (Å²) >= 11 is 0. The first-order valence-corrected chi connectivity index (χ1v) is 9.11. The molecule has 8 nitrogen and oxygen atoms in total. The molecule has 0 spiro atoms. The van der Waals surface area contributed by atoms with Crippen molar-refractivity contribution in [2.75, 3.05) is 40.9 Å². The first-order valence-electron chi connectivity index (χ1n) is 9.11. The van der Waals surface area contributed by atoms with E-state index in [4.69, 9.17) is 4.74 Å². The number of hydrogen-bond acceptors (Lipinski definition) is 6. The first-order chi connectivity index (χ1) is 11.9. The molecule has 1 saturated heterocycles. The van der Waals surface area contributed by atoms with E-state index in [1.807, 2.05) is 23.7 Å². The predicted octanol–water partition coefficient (Wildman–Crippen LogP) is 1.14. The molecular formula is C17H32N6O2. The maximum absolute atomic E-state index is 12.7. The highest BCUT2D eigenvalue weighted by molar-refractivity contribution is 5.76. The summed E-state index contributed by atoms with van der Waals surface area (Å²) in [5.74, 6) is 1.58. The van der Waals surface area contributed by atoms with Gasteiger partial charge < -0.3 is 9.64 Å². The number of methoxy groups -OCH3 is 1. The zero-order valence-electron chi connectivity index (χ0n) is 16.2. The molecule has 1 fully saturated rings. The van der Waals surface area contributed by atoms with Crippen LogP contribution in [0.2, 0.25) is 0 Å². The zero-order valence-corrected chi connectivity index (χ0v) is 16.2. The predicted molar refractivity (Wildman–Crippen MR) is 94.9 cm³/mol. The summed E-state index contributed by atoms with van der Waals surface area (Å²) in [7, 11) is 5.75. The van der Waals surface area contributed by atoms with Gasteiger partial charge in [0.15, 0.2) is 5.82 Å². The van der Waals surface area contributed by atoms with Gasteiger partial charge in [-0.25, -0.2) is 4.68 Å². The van der Waals surface area contributed by atoms with E-state index in [-0.39, 0.29) is 11.4 Å². The molecule has 142 valence electrons. The van der Waals surface area contributed by atoms with Gasteiger partial charge in [-0.05, 0) is 49.7 Å². The van der Waals surface area contributed by atoms with Gasteiger partial charge in [0.1, 0.15) is 5.54 Å². The molecule has 1 atom stereocenters. The molecule has 1 amide bonds. The number of carbonyl (C=O) groups excluding carboxylic acids is 1. The van der Waals surface area contributed by atoms with Crippen LogP contribution >= 0.6 is 0 Å². The molecule has 0 saturated carbocycles. The van der Waals surface area contributed by atoms with Crippen LogP contribution in [0.4, 0.5) is 0 Å². The average molecular weight is 352 g/mol. The van der Waals surface area contributed by atoms with Crippen LogP contribution in [0.15, 0.2) is 0 Å². The smallest absolute Gasteiger partial charge is 0.222 e. The molecular weight excluding hydrogens is 320 g/mol. The lowest BCUT2D eigenvalue weighted by atomic mass is 9.86. The monoisotopic (exact) mass is 352 g/mol. The fourth-order valence-electron chi connectivity index (χ4n) is 3.43.